The number of ether oxygens (including phenoxy) is 2. The number of methoxy groups -OCH3 is 1. The van der Waals surface area contributed by atoms with Gasteiger partial charge in [0.1, 0.15) is 17.8 Å². The van der Waals surface area contributed by atoms with Crippen molar-refractivity contribution in [2.24, 2.45) is 4.99 Å². The lowest BCUT2D eigenvalue weighted by molar-refractivity contribution is -0.274. The minimum Gasteiger partial charge on any atom is -0.497 e. The van der Waals surface area contributed by atoms with E-state index in [0.717, 1.165) is 45.0 Å². The van der Waals surface area contributed by atoms with E-state index in [2.05, 4.69) is 43.6 Å². The normalized spacial score (nSPS) is 12.5. The maximum absolute atomic E-state index is 12.4. The Morgan fingerprint density at radius 1 is 1.11 bits per heavy atom. The molecule has 5 rings (SSSR count). The molecule has 0 radical (unpaired) electrons. The predicted octanol–water partition coefficient (Wildman–Crippen LogP) is 7.66. The molecule has 0 amide bonds. The molecule has 0 aliphatic heterocycles. The van der Waals surface area contributed by atoms with Gasteiger partial charge in [-0.2, -0.15) is 4.99 Å². The third-order valence-electron chi connectivity index (χ3n) is 7.16. The van der Waals surface area contributed by atoms with Gasteiger partial charge < -0.3 is 14.8 Å². The van der Waals surface area contributed by atoms with Crippen molar-refractivity contribution < 1.29 is 22.6 Å². The van der Waals surface area contributed by atoms with Crippen LogP contribution in [0.15, 0.2) is 96.1 Å². The summed E-state index contributed by atoms with van der Waals surface area (Å²) in [5, 5.41) is 10.1. The monoisotopic (exact) mass is 664 g/mol. The van der Waals surface area contributed by atoms with E-state index in [1.54, 1.807) is 7.11 Å². The second-order valence-electron chi connectivity index (χ2n) is 10.2. The average molecular weight is 665 g/mol. The molecule has 3 aromatic carbocycles. The fourth-order valence-corrected chi connectivity index (χ4v) is 5.92. The predicted molar refractivity (Wildman–Crippen MR) is 177 cm³/mol. The Hall–Kier alpha value is -4.75. The number of aryl methyl sites for hydroxylation is 1. The van der Waals surface area contributed by atoms with Gasteiger partial charge >= 0.3 is 6.36 Å². The van der Waals surface area contributed by atoms with Gasteiger partial charge in [-0.3, -0.25) is 4.57 Å². The molecular formula is C33H31F3N6O2S2. The lowest BCUT2D eigenvalue weighted by Gasteiger charge is -2.19. The van der Waals surface area contributed by atoms with Gasteiger partial charge in [-0.05, 0) is 79.2 Å². The van der Waals surface area contributed by atoms with E-state index >= 15 is 0 Å². The minimum atomic E-state index is -4.75. The van der Waals surface area contributed by atoms with Crippen molar-refractivity contribution in [3.05, 3.63) is 113 Å². The summed E-state index contributed by atoms with van der Waals surface area (Å²) in [5.41, 5.74) is 5.45. The van der Waals surface area contributed by atoms with Crippen LogP contribution < -0.4 is 19.6 Å². The first-order valence-electron chi connectivity index (χ1n) is 14.3. The van der Waals surface area contributed by atoms with E-state index in [1.165, 1.54) is 46.6 Å². The number of nitrogens with zero attached hydrogens (tertiary/aromatic N) is 5. The second kappa shape index (κ2) is 14.1. The van der Waals surface area contributed by atoms with Crippen LogP contribution in [0.3, 0.4) is 0 Å². The van der Waals surface area contributed by atoms with Gasteiger partial charge in [0.05, 0.1) is 18.5 Å². The molecular weight excluding hydrogens is 634 g/mol. The number of hydrogen-bond donors (Lipinski definition) is 1. The Bertz CT molecular complexity index is 1890. The van der Waals surface area contributed by atoms with Crippen LogP contribution in [0.4, 0.5) is 13.2 Å². The molecule has 1 unspecified atom stereocenters. The standard InChI is InChI=1S/C33H31F3N6O2S2/c1-5-23(6-2)28-17-27(43-4)15-16-29(28)42-21(3)19-46-32(42)39-31(45)37-18-22-7-9-24(10-8-22)30-38-20-41(40-30)25-11-13-26(14-12-25)44-33(34,35)36/h5,7-17,19-20,23H,1,6,18H2,2-4H3,(H,37,45)/b39-32-. The molecule has 8 nitrogen and oxygen atoms in total. The molecule has 0 bridgehead atoms. The number of allylic oxidation sites excluding steroid dienone is 1. The van der Waals surface area contributed by atoms with Gasteiger partial charge in [0, 0.05) is 29.1 Å². The number of rotatable bonds is 10. The van der Waals surface area contributed by atoms with Crippen LogP contribution in [0.1, 0.15) is 36.1 Å². The lowest BCUT2D eigenvalue weighted by atomic mass is 9.94. The van der Waals surface area contributed by atoms with Crippen LogP contribution >= 0.6 is 23.6 Å². The first kappa shape index (κ1) is 32.6. The van der Waals surface area contributed by atoms with Gasteiger partial charge in [0.25, 0.3) is 0 Å². The molecule has 2 heterocycles. The SMILES string of the molecule is C=CC(CC)c1cc(OC)ccc1-n1c(C)cs/c1=N\C(=S)NCc1ccc(-c2ncn(-c3ccc(OC(F)(F)F)cc3)n2)cc1. The van der Waals surface area contributed by atoms with Gasteiger partial charge in [0.15, 0.2) is 15.7 Å². The first-order chi connectivity index (χ1) is 22.1. The van der Waals surface area contributed by atoms with E-state index in [-0.39, 0.29) is 11.7 Å². The van der Waals surface area contributed by atoms with Crippen molar-refractivity contribution in [1.82, 2.24) is 24.6 Å². The first-order valence-corrected chi connectivity index (χ1v) is 15.5. The van der Waals surface area contributed by atoms with Crippen LogP contribution in [0.25, 0.3) is 22.8 Å². The zero-order chi connectivity index (χ0) is 32.8. The van der Waals surface area contributed by atoms with Crippen LogP contribution in [-0.4, -0.2) is 37.9 Å². The molecule has 0 fully saturated rings. The molecule has 2 aromatic heterocycles. The molecule has 0 aliphatic carbocycles. The zero-order valence-electron chi connectivity index (χ0n) is 25.3. The minimum absolute atomic E-state index is 0.148. The lowest BCUT2D eigenvalue weighted by Crippen LogP contribution is -2.24. The summed E-state index contributed by atoms with van der Waals surface area (Å²) in [7, 11) is 1.66. The number of hydrogen-bond acceptors (Lipinski definition) is 6. The topological polar surface area (TPSA) is 78.5 Å². The third kappa shape index (κ3) is 7.72. The zero-order valence-corrected chi connectivity index (χ0v) is 26.9. The molecule has 0 aliphatic rings. The third-order valence-corrected chi connectivity index (χ3v) is 8.34. The number of halogens is 3. The molecule has 13 heteroatoms. The molecule has 0 saturated carbocycles. The summed E-state index contributed by atoms with van der Waals surface area (Å²) in [4.78, 5) is 9.84. The summed E-state index contributed by atoms with van der Waals surface area (Å²) in [6.45, 7) is 8.67. The maximum Gasteiger partial charge on any atom is 0.573 e. The molecule has 46 heavy (non-hydrogen) atoms. The Balaban J connectivity index is 1.27. The van der Waals surface area contributed by atoms with Crippen molar-refractivity contribution in [2.45, 2.75) is 39.1 Å². The van der Waals surface area contributed by atoms with Crippen LogP contribution in [0, 0.1) is 6.92 Å². The van der Waals surface area contributed by atoms with Crippen LogP contribution in [-0.2, 0) is 6.54 Å². The fourth-order valence-electron chi connectivity index (χ4n) is 4.83. The molecule has 1 atom stereocenters. The summed E-state index contributed by atoms with van der Waals surface area (Å²) in [5.74, 6) is 1.09. The number of nitrogens with one attached hydrogen (secondary N) is 1. The van der Waals surface area contributed by atoms with E-state index in [4.69, 9.17) is 21.9 Å². The smallest absolute Gasteiger partial charge is 0.497 e. The Kier molecular flexibility index (Phi) is 10.0. The van der Waals surface area contributed by atoms with Gasteiger partial charge in [-0.15, -0.1) is 36.2 Å². The highest BCUT2D eigenvalue weighted by atomic mass is 32.1. The highest BCUT2D eigenvalue weighted by Gasteiger charge is 2.31. The number of alkyl halides is 3. The van der Waals surface area contributed by atoms with Crippen molar-refractivity contribution in [2.75, 3.05) is 7.11 Å². The van der Waals surface area contributed by atoms with Crippen molar-refractivity contribution in [1.29, 1.82) is 0 Å². The van der Waals surface area contributed by atoms with Crippen molar-refractivity contribution in [3.63, 3.8) is 0 Å². The number of benzene rings is 3. The summed E-state index contributed by atoms with van der Waals surface area (Å²) in [6, 6.07) is 19.1. The van der Waals surface area contributed by atoms with Gasteiger partial charge in [0.2, 0.25) is 0 Å². The number of aromatic nitrogens is 4. The van der Waals surface area contributed by atoms with Gasteiger partial charge in [-0.1, -0.05) is 37.3 Å². The van der Waals surface area contributed by atoms with Gasteiger partial charge in [-0.25, -0.2) is 9.67 Å². The fraction of sp³-hybridized carbons (Fsp3) is 0.212. The quantitative estimate of drug-likeness (QED) is 0.122. The maximum atomic E-state index is 12.4. The van der Waals surface area contributed by atoms with E-state index in [1.807, 2.05) is 55.5 Å². The molecule has 0 saturated heterocycles. The Labute approximate surface area is 273 Å². The molecule has 5 aromatic rings. The Morgan fingerprint density at radius 3 is 2.48 bits per heavy atom. The Morgan fingerprint density at radius 2 is 1.83 bits per heavy atom. The highest BCUT2D eigenvalue weighted by Crippen LogP contribution is 2.31. The summed E-state index contributed by atoms with van der Waals surface area (Å²) in [6.07, 6.45) is -0.400. The van der Waals surface area contributed by atoms with Crippen molar-refractivity contribution in [3.8, 4) is 34.3 Å². The second-order valence-corrected chi connectivity index (χ2v) is 11.4. The highest BCUT2D eigenvalue weighted by molar-refractivity contribution is 7.80. The largest absolute Gasteiger partial charge is 0.573 e. The molecule has 238 valence electrons. The van der Waals surface area contributed by atoms with E-state index < -0.39 is 6.36 Å². The summed E-state index contributed by atoms with van der Waals surface area (Å²) >= 11 is 7.12. The molecule has 1 N–H and O–H groups in total. The van der Waals surface area contributed by atoms with E-state index in [9.17, 15) is 13.2 Å². The summed E-state index contributed by atoms with van der Waals surface area (Å²) < 4.78 is 50.3. The molecule has 0 spiro atoms. The number of thiazole rings is 1. The van der Waals surface area contributed by atoms with Crippen molar-refractivity contribution >= 4 is 28.7 Å². The van der Waals surface area contributed by atoms with Crippen LogP contribution in [0.2, 0.25) is 0 Å². The van der Waals surface area contributed by atoms with E-state index in [0.29, 0.717) is 23.2 Å². The van der Waals surface area contributed by atoms with Crippen LogP contribution in [0.5, 0.6) is 11.5 Å². The number of thiocarbonyl (C=S) groups is 1. The average Bonchev–Trinajstić information content (AvgIpc) is 3.67.